The molecule has 3 rings (SSSR count). The van der Waals surface area contributed by atoms with Crippen molar-refractivity contribution in [1.82, 2.24) is 34.5 Å². The zero-order valence-corrected chi connectivity index (χ0v) is 14.9. The van der Waals surface area contributed by atoms with Crippen molar-refractivity contribution in [1.29, 1.82) is 0 Å². The van der Waals surface area contributed by atoms with Gasteiger partial charge in [0.25, 0.3) is 0 Å². The summed E-state index contributed by atoms with van der Waals surface area (Å²) in [6.45, 7) is 8.62. The number of nitrogens with zero attached hydrogens (tertiary/aromatic N) is 7. The molecule has 0 radical (unpaired) electrons. The molecule has 1 fully saturated rings. The van der Waals surface area contributed by atoms with Gasteiger partial charge in [0.2, 0.25) is 5.91 Å². The maximum Gasteiger partial charge on any atom is 0.227 e. The molecule has 0 aromatic carbocycles. The molecule has 8 nitrogen and oxygen atoms in total. The third-order valence-corrected chi connectivity index (χ3v) is 4.47. The summed E-state index contributed by atoms with van der Waals surface area (Å²) in [5, 5.41) is 4.08. The molecule has 0 aliphatic carbocycles. The molecule has 134 valence electrons. The first kappa shape index (κ1) is 17.5. The molecule has 0 spiro atoms. The van der Waals surface area contributed by atoms with Crippen LogP contribution in [-0.4, -0.2) is 66.6 Å². The van der Waals surface area contributed by atoms with Gasteiger partial charge in [-0.3, -0.25) is 24.3 Å². The fourth-order valence-electron chi connectivity index (χ4n) is 3.08. The molecule has 25 heavy (non-hydrogen) atoms. The second kappa shape index (κ2) is 8.15. The Kier molecular flexibility index (Phi) is 5.70. The minimum atomic E-state index is -0.101. The smallest absolute Gasteiger partial charge is 0.227 e. The van der Waals surface area contributed by atoms with Gasteiger partial charge < -0.3 is 4.90 Å². The Morgan fingerprint density at radius 3 is 2.80 bits per heavy atom. The fraction of sp³-hybridized carbons (Fsp3) is 0.588. The molecule has 2 aromatic heterocycles. The van der Waals surface area contributed by atoms with Crippen molar-refractivity contribution in [2.24, 2.45) is 5.92 Å². The molecule has 0 bridgehead atoms. The largest absolute Gasteiger partial charge is 0.341 e. The monoisotopic (exact) mass is 343 g/mol. The van der Waals surface area contributed by atoms with E-state index in [2.05, 4.69) is 25.0 Å². The number of carbonyl (C=O) groups excluding carboxylic acids is 1. The Morgan fingerprint density at radius 1 is 1.20 bits per heavy atom. The number of aromatic nitrogens is 5. The molecular weight excluding hydrogens is 318 g/mol. The van der Waals surface area contributed by atoms with E-state index in [1.54, 1.807) is 17.2 Å². The van der Waals surface area contributed by atoms with Crippen molar-refractivity contribution < 1.29 is 4.79 Å². The van der Waals surface area contributed by atoms with Gasteiger partial charge in [-0.15, -0.1) is 0 Å². The van der Waals surface area contributed by atoms with Gasteiger partial charge in [0.05, 0.1) is 23.9 Å². The normalized spacial score (nSPS) is 17.3. The number of hydrogen-bond donors (Lipinski definition) is 0. The number of aryl methyl sites for hydroxylation is 1. The van der Waals surface area contributed by atoms with Gasteiger partial charge in [0.1, 0.15) is 12.7 Å². The molecule has 1 aliphatic heterocycles. The summed E-state index contributed by atoms with van der Waals surface area (Å²) in [4.78, 5) is 29.7. The highest BCUT2D eigenvalue weighted by Crippen LogP contribution is 2.11. The molecule has 3 heterocycles. The first-order chi connectivity index (χ1) is 12.1. The molecule has 1 atom stereocenters. The van der Waals surface area contributed by atoms with E-state index in [4.69, 9.17) is 0 Å². The Balaban J connectivity index is 1.52. The maximum absolute atomic E-state index is 12.7. The fourth-order valence-corrected chi connectivity index (χ4v) is 3.08. The second-order valence-corrected chi connectivity index (χ2v) is 6.62. The lowest BCUT2D eigenvalue weighted by molar-refractivity contribution is -0.135. The Morgan fingerprint density at radius 2 is 2.08 bits per heavy atom. The summed E-state index contributed by atoms with van der Waals surface area (Å²) in [6, 6.07) is 0. The van der Waals surface area contributed by atoms with Crippen LogP contribution in [0.2, 0.25) is 0 Å². The topological polar surface area (TPSA) is 80.0 Å². The van der Waals surface area contributed by atoms with Gasteiger partial charge in [-0.2, -0.15) is 5.10 Å². The summed E-state index contributed by atoms with van der Waals surface area (Å²) >= 11 is 0. The van der Waals surface area contributed by atoms with Crippen LogP contribution in [0, 0.1) is 12.8 Å². The van der Waals surface area contributed by atoms with Crippen LogP contribution in [0.3, 0.4) is 0 Å². The van der Waals surface area contributed by atoms with Crippen LogP contribution in [0.15, 0.2) is 25.0 Å². The lowest BCUT2D eigenvalue weighted by Crippen LogP contribution is -2.39. The first-order valence-corrected chi connectivity index (χ1v) is 8.73. The quantitative estimate of drug-likeness (QED) is 0.797. The average molecular weight is 343 g/mol. The van der Waals surface area contributed by atoms with Crippen LogP contribution in [0.4, 0.5) is 0 Å². The summed E-state index contributed by atoms with van der Waals surface area (Å²) in [7, 11) is 0. The average Bonchev–Trinajstić information content (AvgIpc) is 3.01. The molecule has 0 saturated carbocycles. The van der Waals surface area contributed by atoms with Crippen LogP contribution in [0.1, 0.15) is 24.7 Å². The maximum atomic E-state index is 12.7. The van der Waals surface area contributed by atoms with Crippen molar-refractivity contribution in [3.05, 3.63) is 36.4 Å². The van der Waals surface area contributed by atoms with Crippen molar-refractivity contribution >= 4 is 5.91 Å². The summed E-state index contributed by atoms with van der Waals surface area (Å²) in [5.41, 5.74) is 1.91. The first-order valence-electron chi connectivity index (χ1n) is 8.73. The third-order valence-electron chi connectivity index (χ3n) is 4.47. The molecule has 2 aromatic rings. The Bertz CT molecular complexity index is 671. The number of amides is 1. The van der Waals surface area contributed by atoms with E-state index >= 15 is 0 Å². The van der Waals surface area contributed by atoms with Crippen LogP contribution in [-0.2, 0) is 17.9 Å². The van der Waals surface area contributed by atoms with Crippen molar-refractivity contribution in [2.75, 3.05) is 26.2 Å². The minimum Gasteiger partial charge on any atom is -0.341 e. The lowest BCUT2D eigenvalue weighted by atomic mass is 10.1. The van der Waals surface area contributed by atoms with E-state index in [0.717, 1.165) is 50.5 Å². The predicted octanol–water partition coefficient (Wildman–Crippen LogP) is 0.747. The zero-order valence-electron chi connectivity index (χ0n) is 14.9. The van der Waals surface area contributed by atoms with E-state index in [0.29, 0.717) is 6.54 Å². The summed E-state index contributed by atoms with van der Waals surface area (Å²) in [5.74, 6) is 0.0868. The van der Waals surface area contributed by atoms with Gasteiger partial charge >= 0.3 is 0 Å². The van der Waals surface area contributed by atoms with Crippen LogP contribution < -0.4 is 0 Å². The molecule has 0 N–H and O–H groups in total. The molecule has 1 amide bonds. The van der Waals surface area contributed by atoms with Crippen molar-refractivity contribution in [3.8, 4) is 0 Å². The number of hydrogen-bond acceptors (Lipinski definition) is 6. The van der Waals surface area contributed by atoms with Gasteiger partial charge in [-0.1, -0.05) is 6.92 Å². The SMILES string of the molecule is Cc1cnc(CN2CCCN(C(=O)C(C)Cn3cncn3)CC2)cn1. The number of carbonyl (C=O) groups is 1. The van der Waals surface area contributed by atoms with E-state index < -0.39 is 0 Å². The zero-order chi connectivity index (χ0) is 17.6. The van der Waals surface area contributed by atoms with Crippen molar-refractivity contribution in [2.45, 2.75) is 33.4 Å². The minimum absolute atomic E-state index is 0.101. The summed E-state index contributed by atoms with van der Waals surface area (Å²) < 4.78 is 1.71. The van der Waals surface area contributed by atoms with Crippen molar-refractivity contribution in [3.63, 3.8) is 0 Å². The van der Waals surface area contributed by atoms with Crippen LogP contribution in [0.5, 0.6) is 0 Å². The van der Waals surface area contributed by atoms with Gasteiger partial charge in [0, 0.05) is 45.1 Å². The Hall–Kier alpha value is -2.35. The van der Waals surface area contributed by atoms with Gasteiger partial charge in [-0.25, -0.2) is 4.98 Å². The molecule has 1 saturated heterocycles. The number of rotatable bonds is 5. The molecular formula is C17H25N7O. The van der Waals surface area contributed by atoms with Crippen LogP contribution in [0.25, 0.3) is 0 Å². The molecule has 8 heteroatoms. The Labute approximate surface area is 147 Å². The van der Waals surface area contributed by atoms with E-state index in [9.17, 15) is 4.79 Å². The molecule has 1 unspecified atom stereocenters. The third kappa shape index (κ3) is 4.82. The second-order valence-electron chi connectivity index (χ2n) is 6.62. The highest BCUT2D eigenvalue weighted by Gasteiger charge is 2.24. The highest BCUT2D eigenvalue weighted by atomic mass is 16.2. The van der Waals surface area contributed by atoms with E-state index in [1.807, 2.05) is 24.9 Å². The van der Waals surface area contributed by atoms with E-state index in [-0.39, 0.29) is 11.8 Å². The lowest BCUT2D eigenvalue weighted by Gasteiger charge is -2.24. The van der Waals surface area contributed by atoms with Crippen LogP contribution >= 0.6 is 0 Å². The van der Waals surface area contributed by atoms with Gasteiger partial charge in [-0.05, 0) is 13.3 Å². The standard InChI is InChI=1S/C17H25N7O/c1-14(10-24-13-18-12-21-24)17(25)23-5-3-4-22(6-7-23)11-16-9-19-15(2)8-20-16/h8-9,12-14H,3-7,10-11H2,1-2H3. The van der Waals surface area contributed by atoms with Gasteiger partial charge in [0.15, 0.2) is 0 Å². The highest BCUT2D eigenvalue weighted by molar-refractivity contribution is 5.78. The molecule has 1 aliphatic rings. The summed E-state index contributed by atoms with van der Waals surface area (Å²) in [6.07, 6.45) is 7.75. The van der Waals surface area contributed by atoms with E-state index in [1.165, 1.54) is 6.33 Å². The predicted molar refractivity (Wildman–Crippen MR) is 92.4 cm³/mol.